The van der Waals surface area contributed by atoms with Crippen LogP contribution in [0, 0.1) is 0 Å². The van der Waals surface area contributed by atoms with Crippen LogP contribution in [0.15, 0.2) is 11.6 Å². The molecule has 11 heteroatoms. The van der Waals surface area contributed by atoms with Gasteiger partial charge in [-0.2, -0.15) is 13.2 Å². The number of amides is 2. The largest absolute Gasteiger partial charge is 0.490 e. The summed E-state index contributed by atoms with van der Waals surface area (Å²) in [4.78, 5) is 40.7. The molecule has 0 fully saturated rings. The van der Waals surface area contributed by atoms with Crippen molar-refractivity contribution in [2.24, 2.45) is 5.73 Å². The average Bonchev–Trinajstić information content (AvgIpc) is 2.56. The highest BCUT2D eigenvalue weighted by atomic mass is 19.4. The van der Waals surface area contributed by atoms with Gasteiger partial charge >= 0.3 is 18.1 Å². The Morgan fingerprint density at radius 1 is 1.30 bits per heavy atom. The smallest absolute Gasteiger partial charge is 0.480 e. The second kappa shape index (κ2) is 6.65. The molecule has 0 bridgehead atoms. The number of hydrogen-bond donors (Lipinski definition) is 4. The lowest BCUT2D eigenvalue weighted by Crippen LogP contribution is -2.32. The van der Waals surface area contributed by atoms with Gasteiger partial charge in [0.05, 0.1) is 0 Å². The number of nitrogens with two attached hydrogens (primary N) is 1. The Morgan fingerprint density at radius 3 is 2.00 bits per heavy atom. The molecule has 20 heavy (non-hydrogen) atoms. The molecule has 112 valence electrons. The van der Waals surface area contributed by atoms with Crippen LogP contribution in [0.4, 0.5) is 13.2 Å². The highest BCUT2D eigenvalue weighted by molar-refractivity contribution is 6.16. The predicted molar refractivity (Wildman–Crippen MR) is 55.2 cm³/mol. The molecule has 0 spiro atoms. The summed E-state index contributed by atoms with van der Waals surface area (Å²) in [5.74, 6) is -5.06. The lowest BCUT2D eigenvalue weighted by molar-refractivity contribution is -0.192. The molecule has 0 saturated heterocycles. The van der Waals surface area contributed by atoms with E-state index in [0.29, 0.717) is 0 Å². The molecule has 5 N–H and O–H groups in total. The normalized spacial score (nSPS) is 15.7. The number of imide groups is 1. The van der Waals surface area contributed by atoms with Crippen LogP contribution in [0.2, 0.25) is 0 Å². The van der Waals surface area contributed by atoms with Crippen molar-refractivity contribution >= 4 is 23.8 Å². The second-order valence-electron chi connectivity index (χ2n) is 3.44. The van der Waals surface area contributed by atoms with Gasteiger partial charge in [-0.15, -0.1) is 0 Å². The highest BCUT2D eigenvalue weighted by Crippen LogP contribution is 2.13. The molecule has 1 aliphatic heterocycles. The van der Waals surface area contributed by atoms with E-state index in [4.69, 9.17) is 20.7 Å². The van der Waals surface area contributed by atoms with Gasteiger partial charge in [0.2, 0.25) is 0 Å². The summed E-state index contributed by atoms with van der Waals surface area (Å²) in [6.07, 6.45) is -4.15. The maximum atomic E-state index is 10.9. The molecular formula is C9H9F3N2O6. The van der Waals surface area contributed by atoms with Crippen LogP contribution in [0.5, 0.6) is 0 Å². The Morgan fingerprint density at radius 2 is 1.75 bits per heavy atom. The zero-order valence-corrected chi connectivity index (χ0v) is 9.60. The minimum absolute atomic E-state index is 0.111. The summed E-state index contributed by atoms with van der Waals surface area (Å²) in [7, 11) is 0. The molecule has 1 atom stereocenters. The van der Waals surface area contributed by atoms with Crippen molar-refractivity contribution in [3.63, 3.8) is 0 Å². The molecule has 0 radical (unpaired) electrons. The van der Waals surface area contributed by atoms with E-state index >= 15 is 0 Å². The van der Waals surface area contributed by atoms with Crippen molar-refractivity contribution in [3.05, 3.63) is 11.6 Å². The van der Waals surface area contributed by atoms with E-state index in [-0.39, 0.29) is 12.0 Å². The molecule has 0 aromatic rings. The molecule has 0 aromatic carbocycles. The lowest BCUT2D eigenvalue weighted by Gasteiger charge is -2.04. The summed E-state index contributed by atoms with van der Waals surface area (Å²) < 4.78 is 31.7. The van der Waals surface area contributed by atoms with Crippen molar-refractivity contribution in [3.8, 4) is 0 Å². The van der Waals surface area contributed by atoms with Crippen LogP contribution in [-0.4, -0.2) is 46.2 Å². The number of halogens is 3. The van der Waals surface area contributed by atoms with Crippen LogP contribution in [-0.2, 0) is 19.2 Å². The van der Waals surface area contributed by atoms with Gasteiger partial charge in [0.25, 0.3) is 11.8 Å². The van der Waals surface area contributed by atoms with Gasteiger partial charge in [0, 0.05) is 18.1 Å². The van der Waals surface area contributed by atoms with E-state index in [2.05, 4.69) is 0 Å². The summed E-state index contributed by atoms with van der Waals surface area (Å²) in [6, 6.07) is -1.15. The zero-order valence-electron chi connectivity index (χ0n) is 9.60. The quantitative estimate of drug-likeness (QED) is 0.489. The van der Waals surface area contributed by atoms with E-state index in [1.165, 1.54) is 0 Å². The van der Waals surface area contributed by atoms with E-state index in [0.717, 1.165) is 6.08 Å². The summed E-state index contributed by atoms with van der Waals surface area (Å²) in [6.45, 7) is 0. The minimum atomic E-state index is -5.08. The molecule has 1 heterocycles. The number of hydrogen-bond acceptors (Lipinski definition) is 5. The zero-order chi connectivity index (χ0) is 16.1. The number of nitrogens with one attached hydrogen (secondary N) is 1. The Hall–Kier alpha value is -2.43. The third-order valence-corrected chi connectivity index (χ3v) is 1.83. The number of alkyl halides is 3. The third-order valence-electron chi connectivity index (χ3n) is 1.83. The molecule has 2 amide bonds. The van der Waals surface area contributed by atoms with Crippen molar-refractivity contribution in [1.29, 1.82) is 0 Å². The number of rotatable bonds is 3. The Bertz CT molecular complexity index is 471. The Labute approximate surface area is 109 Å². The number of aliphatic carboxylic acids is 2. The average molecular weight is 298 g/mol. The monoisotopic (exact) mass is 298 g/mol. The standard InChI is InChI=1S/C7H8N2O4.C2HF3O2/c8-4(7(12)13)1-3-2-5(10)9-6(3)11;3-2(4,5)1(6)7/h2,4H,1,8H2,(H,12,13)(H,9,10,11);(H,6,7)/t4-;/m0./s1. The first-order chi connectivity index (χ1) is 8.95. The molecule has 0 aliphatic carbocycles. The maximum absolute atomic E-state index is 10.9. The van der Waals surface area contributed by atoms with Crippen molar-refractivity contribution < 1.29 is 42.6 Å². The summed E-state index contributed by atoms with van der Waals surface area (Å²) in [5, 5.41) is 17.5. The number of carboxylic acid groups (broad SMARTS) is 2. The number of carbonyl (C=O) groups excluding carboxylic acids is 2. The third kappa shape index (κ3) is 5.95. The Balaban J connectivity index is 0.000000441. The second-order valence-corrected chi connectivity index (χ2v) is 3.44. The van der Waals surface area contributed by atoms with Crippen LogP contribution in [0.3, 0.4) is 0 Å². The first-order valence-corrected chi connectivity index (χ1v) is 4.79. The van der Waals surface area contributed by atoms with Gasteiger partial charge in [-0.1, -0.05) is 0 Å². The van der Waals surface area contributed by atoms with E-state index in [1.807, 2.05) is 5.32 Å². The first kappa shape index (κ1) is 17.6. The predicted octanol–water partition coefficient (Wildman–Crippen LogP) is -0.996. The van der Waals surface area contributed by atoms with Crippen molar-refractivity contribution in [2.75, 3.05) is 0 Å². The van der Waals surface area contributed by atoms with Crippen molar-refractivity contribution in [2.45, 2.75) is 18.6 Å². The van der Waals surface area contributed by atoms with Gasteiger partial charge in [-0.3, -0.25) is 19.7 Å². The summed E-state index contributed by atoms with van der Waals surface area (Å²) in [5.41, 5.74) is 5.28. The molecule has 8 nitrogen and oxygen atoms in total. The van der Waals surface area contributed by atoms with Gasteiger partial charge in [0.15, 0.2) is 0 Å². The van der Waals surface area contributed by atoms with E-state index < -0.39 is 36.0 Å². The number of carbonyl (C=O) groups is 4. The van der Waals surface area contributed by atoms with Crippen LogP contribution in [0.1, 0.15) is 6.42 Å². The minimum Gasteiger partial charge on any atom is -0.480 e. The van der Waals surface area contributed by atoms with Crippen LogP contribution >= 0.6 is 0 Å². The van der Waals surface area contributed by atoms with Crippen LogP contribution in [0.25, 0.3) is 0 Å². The molecule has 0 unspecified atom stereocenters. The van der Waals surface area contributed by atoms with Gasteiger partial charge in [0.1, 0.15) is 6.04 Å². The maximum Gasteiger partial charge on any atom is 0.490 e. The molecule has 1 aliphatic rings. The molecule has 1 rings (SSSR count). The first-order valence-electron chi connectivity index (χ1n) is 4.79. The van der Waals surface area contributed by atoms with Gasteiger partial charge in [-0.05, 0) is 0 Å². The highest BCUT2D eigenvalue weighted by Gasteiger charge is 2.38. The molecular weight excluding hydrogens is 289 g/mol. The van der Waals surface area contributed by atoms with E-state index in [1.54, 1.807) is 0 Å². The van der Waals surface area contributed by atoms with Crippen molar-refractivity contribution in [1.82, 2.24) is 5.32 Å². The lowest BCUT2D eigenvalue weighted by atomic mass is 10.1. The molecule has 0 saturated carbocycles. The topological polar surface area (TPSA) is 147 Å². The fourth-order valence-electron chi connectivity index (χ4n) is 0.928. The number of carboxylic acids is 2. The SMILES string of the molecule is N[C@@H](CC1=CC(=O)NC1=O)C(=O)O.O=C(O)C(F)(F)F. The van der Waals surface area contributed by atoms with Gasteiger partial charge < -0.3 is 15.9 Å². The fraction of sp³-hybridized carbons (Fsp3) is 0.333. The van der Waals surface area contributed by atoms with E-state index in [9.17, 15) is 27.6 Å². The summed E-state index contributed by atoms with van der Waals surface area (Å²) >= 11 is 0. The van der Waals surface area contributed by atoms with Crippen LogP contribution < -0.4 is 11.1 Å². The van der Waals surface area contributed by atoms with Gasteiger partial charge in [-0.25, -0.2) is 4.79 Å². The Kier molecular flexibility index (Phi) is 5.85. The molecule has 0 aromatic heterocycles. The fourth-order valence-corrected chi connectivity index (χ4v) is 0.928.